The largest absolute Gasteiger partial charge is 0.438 e. The van der Waals surface area contributed by atoms with Crippen LogP contribution in [0.2, 0.25) is 0 Å². The Balaban J connectivity index is 3.75. The molecule has 3 nitrogen and oxygen atoms in total. The van der Waals surface area contributed by atoms with E-state index < -0.39 is 5.41 Å². The molecule has 0 unspecified atom stereocenters. The lowest BCUT2D eigenvalue weighted by Crippen LogP contribution is -2.27. The van der Waals surface area contributed by atoms with Gasteiger partial charge in [0.05, 0.1) is 11.5 Å². The summed E-state index contributed by atoms with van der Waals surface area (Å²) in [5.74, 6) is -0.198. The van der Waals surface area contributed by atoms with Gasteiger partial charge in [0.2, 0.25) is 0 Å². The number of ether oxygens (including phenoxy) is 2. The van der Waals surface area contributed by atoms with Crippen LogP contribution in [-0.4, -0.2) is 18.9 Å². The molecular weight excluding hydrogens is 168 g/mol. The molecule has 0 aliphatic heterocycles. The summed E-state index contributed by atoms with van der Waals surface area (Å²) in [4.78, 5) is 11.4. The van der Waals surface area contributed by atoms with Crippen LogP contribution in [0.4, 0.5) is 0 Å². The second-order valence-corrected chi connectivity index (χ2v) is 4.00. The molecule has 0 heterocycles. The highest BCUT2D eigenvalue weighted by Crippen LogP contribution is 2.21. The molecule has 78 valence electrons. The first-order chi connectivity index (χ1) is 5.90. The molecule has 0 radical (unpaired) electrons. The van der Waals surface area contributed by atoms with Crippen LogP contribution in [0.15, 0.2) is 0 Å². The zero-order valence-electron chi connectivity index (χ0n) is 9.22. The first-order valence-corrected chi connectivity index (χ1v) is 4.69. The van der Waals surface area contributed by atoms with Crippen LogP contribution in [0.5, 0.6) is 0 Å². The Morgan fingerprint density at radius 1 is 1.38 bits per heavy atom. The Hall–Kier alpha value is -0.570. The van der Waals surface area contributed by atoms with Crippen LogP contribution < -0.4 is 0 Å². The summed E-state index contributed by atoms with van der Waals surface area (Å²) in [7, 11) is 0. The molecule has 0 aromatic carbocycles. The molecule has 3 heteroatoms. The maximum Gasteiger partial charge on any atom is 0.313 e. The quantitative estimate of drug-likeness (QED) is 0.490. The monoisotopic (exact) mass is 188 g/mol. The second-order valence-electron chi connectivity index (χ2n) is 4.00. The van der Waals surface area contributed by atoms with Crippen molar-refractivity contribution in [3.05, 3.63) is 0 Å². The molecule has 0 amide bonds. The van der Waals surface area contributed by atoms with Crippen molar-refractivity contribution in [1.29, 1.82) is 0 Å². The first-order valence-electron chi connectivity index (χ1n) is 4.69. The summed E-state index contributed by atoms with van der Waals surface area (Å²) in [5, 5.41) is 0. The van der Waals surface area contributed by atoms with E-state index >= 15 is 0 Å². The highest BCUT2D eigenvalue weighted by molar-refractivity contribution is 5.75. The highest BCUT2D eigenvalue weighted by Gasteiger charge is 2.26. The van der Waals surface area contributed by atoms with Crippen molar-refractivity contribution in [3.8, 4) is 0 Å². The number of hydrogen-bond acceptors (Lipinski definition) is 3. The van der Waals surface area contributed by atoms with Crippen molar-refractivity contribution in [2.75, 3.05) is 6.79 Å². The van der Waals surface area contributed by atoms with Gasteiger partial charge in [-0.2, -0.15) is 0 Å². The fourth-order valence-electron chi connectivity index (χ4n) is 0.563. The van der Waals surface area contributed by atoms with Gasteiger partial charge in [-0.15, -0.1) is 0 Å². The van der Waals surface area contributed by atoms with Crippen LogP contribution in [-0.2, 0) is 14.3 Å². The molecule has 0 saturated heterocycles. The van der Waals surface area contributed by atoms with E-state index in [1.54, 1.807) is 0 Å². The van der Waals surface area contributed by atoms with Gasteiger partial charge in [-0.05, 0) is 34.1 Å². The second kappa shape index (κ2) is 5.22. The van der Waals surface area contributed by atoms with Crippen molar-refractivity contribution >= 4 is 5.97 Å². The number of rotatable bonds is 5. The number of carbonyl (C=O) groups is 1. The highest BCUT2D eigenvalue weighted by atomic mass is 16.7. The lowest BCUT2D eigenvalue weighted by molar-refractivity contribution is -0.169. The van der Waals surface area contributed by atoms with Crippen LogP contribution in [0, 0.1) is 5.41 Å². The fraction of sp³-hybridized carbons (Fsp3) is 0.900. The van der Waals surface area contributed by atoms with Gasteiger partial charge in [0.25, 0.3) is 0 Å². The molecule has 0 atom stereocenters. The van der Waals surface area contributed by atoms with E-state index in [0.717, 1.165) is 6.42 Å². The van der Waals surface area contributed by atoms with E-state index in [2.05, 4.69) is 0 Å². The lowest BCUT2D eigenvalue weighted by Gasteiger charge is -2.20. The Bertz CT molecular complexity index is 162. The minimum atomic E-state index is -0.402. The van der Waals surface area contributed by atoms with Crippen molar-refractivity contribution in [3.63, 3.8) is 0 Å². The molecule has 0 aliphatic carbocycles. The predicted octanol–water partition coefficient (Wildman–Crippen LogP) is 2.35. The summed E-state index contributed by atoms with van der Waals surface area (Å²) < 4.78 is 10.1. The average Bonchev–Trinajstić information content (AvgIpc) is 2.03. The van der Waals surface area contributed by atoms with E-state index in [1.165, 1.54) is 0 Å². The topological polar surface area (TPSA) is 35.5 Å². The lowest BCUT2D eigenvalue weighted by atomic mass is 9.91. The minimum absolute atomic E-state index is 0.0555. The maximum atomic E-state index is 11.4. The molecule has 0 rings (SSSR count). The summed E-state index contributed by atoms with van der Waals surface area (Å²) >= 11 is 0. The van der Waals surface area contributed by atoms with Gasteiger partial charge in [-0.25, -0.2) is 0 Å². The van der Waals surface area contributed by atoms with E-state index in [1.807, 2.05) is 34.6 Å². The van der Waals surface area contributed by atoms with E-state index in [4.69, 9.17) is 9.47 Å². The fourth-order valence-corrected chi connectivity index (χ4v) is 0.563. The normalized spacial score (nSPS) is 11.8. The molecule has 0 aliphatic rings. The van der Waals surface area contributed by atoms with Crippen molar-refractivity contribution in [2.24, 2.45) is 5.41 Å². The van der Waals surface area contributed by atoms with E-state index in [0.29, 0.717) is 0 Å². The van der Waals surface area contributed by atoms with Gasteiger partial charge < -0.3 is 9.47 Å². The zero-order chi connectivity index (χ0) is 10.5. The summed E-state index contributed by atoms with van der Waals surface area (Å²) in [6.45, 7) is 9.55. The maximum absolute atomic E-state index is 11.4. The van der Waals surface area contributed by atoms with Crippen molar-refractivity contribution in [2.45, 2.75) is 47.1 Å². The third kappa shape index (κ3) is 4.88. The molecule has 0 spiro atoms. The molecule has 0 aromatic heterocycles. The van der Waals surface area contributed by atoms with Gasteiger partial charge in [0.15, 0.2) is 6.79 Å². The Kier molecular flexibility index (Phi) is 4.99. The Morgan fingerprint density at radius 2 is 1.92 bits per heavy atom. The van der Waals surface area contributed by atoms with Crippen LogP contribution in [0.1, 0.15) is 41.0 Å². The summed E-state index contributed by atoms with van der Waals surface area (Å²) in [6, 6.07) is 0. The van der Waals surface area contributed by atoms with Gasteiger partial charge >= 0.3 is 5.97 Å². The summed E-state index contributed by atoms with van der Waals surface area (Å²) in [5.41, 5.74) is -0.402. The molecular formula is C10H20O3. The van der Waals surface area contributed by atoms with Crippen LogP contribution in [0.3, 0.4) is 0 Å². The van der Waals surface area contributed by atoms with Crippen molar-refractivity contribution < 1.29 is 14.3 Å². The van der Waals surface area contributed by atoms with Crippen LogP contribution in [0.25, 0.3) is 0 Å². The van der Waals surface area contributed by atoms with E-state index in [-0.39, 0.29) is 18.9 Å². The third-order valence-corrected chi connectivity index (χ3v) is 2.03. The third-order valence-electron chi connectivity index (χ3n) is 2.03. The molecule has 0 saturated carbocycles. The molecule has 13 heavy (non-hydrogen) atoms. The van der Waals surface area contributed by atoms with Gasteiger partial charge in [0, 0.05) is 0 Å². The molecule has 0 N–H and O–H groups in total. The number of esters is 1. The smallest absolute Gasteiger partial charge is 0.313 e. The molecule has 0 fully saturated rings. The molecule has 0 aromatic rings. The summed E-state index contributed by atoms with van der Waals surface area (Å²) in [6.07, 6.45) is 0.866. The SMILES string of the molecule is CCC(C)(C)C(=O)OCOC(C)C. The van der Waals surface area contributed by atoms with Gasteiger partial charge in [0.1, 0.15) is 0 Å². The molecule has 0 bridgehead atoms. The number of carbonyl (C=O) groups excluding carboxylic acids is 1. The standard InChI is InChI=1S/C10H20O3/c1-6-10(4,5)9(11)13-7-12-8(2)3/h8H,6-7H2,1-5H3. The zero-order valence-corrected chi connectivity index (χ0v) is 9.22. The van der Waals surface area contributed by atoms with Crippen LogP contribution >= 0.6 is 0 Å². The predicted molar refractivity (Wildman–Crippen MR) is 51.3 cm³/mol. The van der Waals surface area contributed by atoms with Gasteiger partial charge in [-0.1, -0.05) is 6.92 Å². The first kappa shape index (κ1) is 12.4. The Morgan fingerprint density at radius 3 is 2.31 bits per heavy atom. The number of hydrogen-bond donors (Lipinski definition) is 0. The van der Waals surface area contributed by atoms with Gasteiger partial charge in [-0.3, -0.25) is 4.79 Å². The minimum Gasteiger partial charge on any atom is -0.438 e. The Labute approximate surface area is 80.4 Å². The average molecular weight is 188 g/mol. The van der Waals surface area contributed by atoms with E-state index in [9.17, 15) is 4.79 Å². The van der Waals surface area contributed by atoms with Crippen molar-refractivity contribution in [1.82, 2.24) is 0 Å².